The largest absolute Gasteiger partial charge is 0.454 e. The summed E-state index contributed by atoms with van der Waals surface area (Å²) >= 11 is 0. The Morgan fingerprint density at radius 2 is 1.89 bits per heavy atom. The quantitative estimate of drug-likeness (QED) is 0.494. The van der Waals surface area contributed by atoms with Gasteiger partial charge in [-0.15, -0.1) is 0 Å². The Labute approximate surface area is 160 Å². The molecule has 0 radical (unpaired) electrons. The van der Waals surface area contributed by atoms with E-state index in [0.29, 0.717) is 39.9 Å². The smallest absolute Gasteiger partial charge is 0.338 e. The Balaban J connectivity index is 1.48. The summed E-state index contributed by atoms with van der Waals surface area (Å²) in [6, 6.07) is 8.27. The number of carbonyl (C=O) groups is 2. The number of esters is 1. The minimum atomic E-state index is -0.604. The first-order chi connectivity index (χ1) is 13.4. The molecule has 3 aromatic rings. The summed E-state index contributed by atoms with van der Waals surface area (Å²) in [5.41, 5.74) is 2.29. The van der Waals surface area contributed by atoms with Gasteiger partial charge in [-0.25, -0.2) is 4.79 Å². The molecule has 144 valence electrons. The molecule has 1 aromatic carbocycles. The molecule has 8 heteroatoms. The molecule has 0 saturated heterocycles. The lowest BCUT2D eigenvalue weighted by molar-refractivity contribution is 0.0474. The van der Waals surface area contributed by atoms with E-state index in [9.17, 15) is 9.59 Å². The molecule has 0 bridgehead atoms. The second-order valence-corrected chi connectivity index (χ2v) is 6.48. The van der Waals surface area contributed by atoms with Crippen molar-refractivity contribution in [3.63, 3.8) is 0 Å². The van der Waals surface area contributed by atoms with Gasteiger partial charge in [0.2, 0.25) is 12.6 Å². The predicted molar refractivity (Wildman–Crippen MR) is 97.2 cm³/mol. The maximum atomic E-state index is 12.6. The van der Waals surface area contributed by atoms with E-state index in [2.05, 4.69) is 5.16 Å². The van der Waals surface area contributed by atoms with E-state index < -0.39 is 5.97 Å². The number of benzene rings is 1. The molecular formula is C20H18N2O6. The first kappa shape index (κ1) is 17.8. The van der Waals surface area contributed by atoms with Crippen LogP contribution < -0.4 is 9.47 Å². The Morgan fingerprint density at radius 3 is 2.64 bits per heavy atom. The van der Waals surface area contributed by atoms with E-state index in [0.717, 1.165) is 5.69 Å². The highest BCUT2D eigenvalue weighted by Crippen LogP contribution is 2.32. The van der Waals surface area contributed by atoms with Crippen LogP contribution >= 0.6 is 0 Å². The van der Waals surface area contributed by atoms with Gasteiger partial charge in [-0.05, 0) is 45.0 Å². The van der Waals surface area contributed by atoms with Gasteiger partial charge in [0.05, 0.1) is 5.56 Å². The second-order valence-electron chi connectivity index (χ2n) is 6.48. The minimum absolute atomic E-state index is 0.118. The molecule has 3 heterocycles. The van der Waals surface area contributed by atoms with Gasteiger partial charge in [-0.2, -0.15) is 0 Å². The van der Waals surface area contributed by atoms with Crippen molar-refractivity contribution in [1.82, 2.24) is 9.72 Å². The van der Waals surface area contributed by atoms with Crippen LogP contribution in [0.5, 0.6) is 11.5 Å². The molecule has 0 N–H and O–H groups in total. The van der Waals surface area contributed by atoms with Gasteiger partial charge in [0.15, 0.2) is 23.9 Å². The van der Waals surface area contributed by atoms with Crippen molar-refractivity contribution in [3.8, 4) is 17.3 Å². The van der Waals surface area contributed by atoms with Crippen LogP contribution in [0.3, 0.4) is 0 Å². The Kier molecular flexibility index (Phi) is 4.38. The topological polar surface area (TPSA) is 92.8 Å². The molecule has 2 aromatic heterocycles. The predicted octanol–water partition coefficient (Wildman–Crippen LogP) is 3.16. The molecule has 0 aliphatic carbocycles. The van der Waals surface area contributed by atoms with Crippen molar-refractivity contribution in [2.45, 2.75) is 20.8 Å². The molecule has 0 amide bonds. The first-order valence-corrected chi connectivity index (χ1v) is 8.66. The summed E-state index contributed by atoms with van der Waals surface area (Å²) in [6.07, 6.45) is 0. The average Bonchev–Trinajstić information content (AvgIpc) is 3.38. The maximum absolute atomic E-state index is 12.6. The number of ether oxygens (including phenoxy) is 3. The average molecular weight is 382 g/mol. The number of carbonyl (C=O) groups excluding carboxylic acids is 2. The van der Waals surface area contributed by atoms with Crippen LogP contribution in [0.25, 0.3) is 5.82 Å². The van der Waals surface area contributed by atoms with Crippen molar-refractivity contribution in [3.05, 3.63) is 58.6 Å². The van der Waals surface area contributed by atoms with E-state index in [1.807, 2.05) is 18.4 Å². The minimum Gasteiger partial charge on any atom is -0.454 e. The highest BCUT2D eigenvalue weighted by atomic mass is 16.7. The van der Waals surface area contributed by atoms with Gasteiger partial charge in [0.1, 0.15) is 5.76 Å². The third kappa shape index (κ3) is 3.13. The molecule has 0 unspecified atom stereocenters. The van der Waals surface area contributed by atoms with Crippen molar-refractivity contribution in [2.24, 2.45) is 0 Å². The fourth-order valence-corrected chi connectivity index (χ4v) is 3.17. The number of aromatic nitrogens is 2. The number of rotatable bonds is 5. The maximum Gasteiger partial charge on any atom is 0.338 e. The molecule has 8 nitrogen and oxygen atoms in total. The summed E-state index contributed by atoms with van der Waals surface area (Å²) in [6.45, 7) is 5.23. The number of Topliss-reactive ketones (excluding diaryl/α,β-unsaturated/α-hetero) is 1. The number of ketones is 1. The number of hydrogen-bond donors (Lipinski definition) is 0. The van der Waals surface area contributed by atoms with E-state index in [1.165, 1.54) is 6.07 Å². The Bertz CT molecular complexity index is 1080. The molecule has 1 aliphatic rings. The number of hydrogen-bond acceptors (Lipinski definition) is 7. The van der Waals surface area contributed by atoms with Gasteiger partial charge in [0.25, 0.3) is 0 Å². The summed E-state index contributed by atoms with van der Waals surface area (Å²) in [4.78, 5) is 24.9. The summed E-state index contributed by atoms with van der Waals surface area (Å²) in [7, 11) is 0. The lowest BCUT2D eigenvalue weighted by Crippen LogP contribution is -2.15. The molecule has 28 heavy (non-hydrogen) atoms. The van der Waals surface area contributed by atoms with Crippen LogP contribution in [0.15, 0.2) is 34.9 Å². The zero-order chi connectivity index (χ0) is 19.8. The van der Waals surface area contributed by atoms with Crippen LogP contribution in [0.4, 0.5) is 0 Å². The number of fused-ring (bicyclic) bond motifs is 1. The van der Waals surface area contributed by atoms with Gasteiger partial charge in [0, 0.05) is 23.0 Å². The highest BCUT2D eigenvalue weighted by molar-refractivity contribution is 6.00. The monoisotopic (exact) mass is 382 g/mol. The molecular weight excluding hydrogens is 364 g/mol. The van der Waals surface area contributed by atoms with Crippen molar-refractivity contribution >= 4 is 11.8 Å². The molecule has 0 fully saturated rings. The number of nitrogens with zero attached hydrogens (tertiary/aromatic N) is 2. The van der Waals surface area contributed by atoms with E-state index in [-0.39, 0.29) is 19.2 Å². The van der Waals surface area contributed by atoms with Gasteiger partial charge in [-0.1, -0.05) is 5.16 Å². The fraction of sp³-hybridized carbons (Fsp3) is 0.250. The summed E-state index contributed by atoms with van der Waals surface area (Å²) in [5, 5.41) is 3.99. The van der Waals surface area contributed by atoms with Crippen LogP contribution in [0.2, 0.25) is 0 Å². The molecule has 0 atom stereocenters. The molecule has 0 spiro atoms. The van der Waals surface area contributed by atoms with Gasteiger partial charge in [-0.3, -0.25) is 9.36 Å². The van der Waals surface area contributed by atoms with Crippen molar-refractivity contribution in [1.29, 1.82) is 0 Å². The van der Waals surface area contributed by atoms with Crippen molar-refractivity contribution < 1.29 is 28.3 Å². The normalized spacial score (nSPS) is 12.2. The Morgan fingerprint density at radius 1 is 1.11 bits per heavy atom. The van der Waals surface area contributed by atoms with Crippen LogP contribution in [-0.4, -0.2) is 34.9 Å². The molecule has 4 rings (SSSR count). The second kappa shape index (κ2) is 6.88. The van der Waals surface area contributed by atoms with Crippen LogP contribution in [0.1, 0.15) is 37.9 Å². The summed E-state index contributed by atoms with van der Waals surface area (Å²) in [5.74, 6) is 1.42. The van der Waals surface area contributed by atoms with Gasteiger partial charge >= 0.3 is 5.97 Å². The molecule has 1 aliphatic heterocycles. The number of aryl methyl sites for hydroxylation is 2. The zero-order valence-electron chi connectivity index (χ0n) is 15.6. The lowest BCUT2D eigenvalue weighted by Gasteiger charge is -2.06. The highest BCUT2D eigenvalue weighted by Gasteiger charge is 2.21. The van der Waals surface area contributed by atoms with Gasteiger partial charge < -0.3 is 18.7 Å². The van der Waals surface area contributed by atoms with Crippen LogP contribution in [0, 0.1) is 20.8 Å². The first-order valence-electron chi connectivity index (χ1n) is 8.66. The van der Waals surface area contributed by atoms with E-state index in [1.54, 1.807) is 31.2 Å². The van der Waals surface area contributed by atoms with Crippen molar-refractivity contribution in [2.75, 3.05) is 13.4 Å². The summed E-state index contributed by atoms with van der Waals surface area (Å²) < 4.78 is 22.6. The Hall–Kier alpha value is -3.55. The zero-order valence-corrected chi connectivity index (χ0v) is 15.6. The standard InChI is InChI=1S/C20H18N2O6/c1-11-6-15(13(3)22(11)19-7-12(2)28-21-19)16(23)9-25-20(24)14-4-5-17-18(8-14)27-10-26-17/h4-8H,9-10H2,1-3H3. The third-order valence-electron chi connectivity index (χ3n) is 4.52. The van der Waals surface area contributed by atoms with Crippen LogP contribution in [-0.2, 0) is 4.74 Å². The lowest BCUT2D eigenvalue weighted by atomic mass is 10.1. The van der Waals surface area contributed by atoms with E-state index in [4.69, 9.17) is 18.7 Å². The fourth-order valence-electron chi connectivity index (χ4n) is 3.17. The SMILES string of the molecule is Cc1cc(-n2c(C)cc(C(=O)COC(=O)c3ccc4c(c3)OCO4)c2C)no1. The van der Waals surface area contributed by atoms with E-state index >= 15 is 0 Å². The third-order valence-corrected chi connectivity index (χ3v) is 4.52. The molecule has 0 saturated carbocycles.